The molecule has 0 aliphatic heterocycles. The summed E-state index contributed by atoms with van der Waals surface area (Å²) in [6, 6.07) is 27.3. The van der Waals surface area contributed by atoms with Gasteiger partial charge in [-0.05, 0) is 88.7 Å². The summed E-state index contributed by atoms with van der Waals surface area (Å²) in [5, 5.41) is 3.89. The molecule has 2 heteroatoms. The molecule has 0 saturated carbocycles. The average Bonchev–Trinajstić information content (AvgIpc) is 3.48. The molecule has 2 heterocycles. The normalized spacial score (nSPS) is 13.5. The Morgan fingerprint density at radius 3 is 2.33 bits per heavy atom. The second-order valence-electron chi connectivity index (χ2n) is 9.66. The van der Waals surface area contributed by atoms with Crippen LogP contribution in [0.2, 0.25) is 0 Å². The number of pyridine rings is 1. The Labute approximate surface area is 192 Å². The fraction of sp³-hybridized carbons (Fsp3) is 0.129. The molecule has 0 radical (unpaired) electrons. The van der Waals surface area contributed by atoms with Crippen LogP contribution in [0.15, 0.2) is 72.8 Å². The molecular formula is C31H22N2. The summed E-state index contributed by atoms with van der Waals surface area (Å²) in [4.78, 5) is 4.96. The number of hydrogen-bond acceptors (Lipinski definition) is 1. The van der Waals surface area contributed by atoms with Crippen LogP contribution >= 0.6 is 0 Å². The Morgan fingerprint density at radius 1 is 0.667 bits per heavy atom. The smallest absolute Gasteiger partial charge is 0.145 e. The number of imidazole rings is 1. The van der Waals surface area contributed by atoms with Gasteiger partial charge in [-0.3, -0.25) is 4.40 Å². The zero-order valence-corrected chi connectivity index (χ0v) is 18.7. The van der Waals surface area contributed by atoms with Gasteiger partial charge in [0, 0.05) is 16.5 Å². The van der Waals surface area contributed by atoms with Crippen LogP contribution in [0.25, 0.3) is 49.6 Å². The van der Waals surface area contributed by atoms with Gasteiger partial charge in [-0.15, -0.1) is 0 Å². The molecule has 6 aromatic rings. The molecule has 0 fully saturated rings. The van der Waals surface area contributed by atoms with Gasteiger partial charge in [0.15, 0.2) is 0 Å². The molecule has 0 N–H and O–H groups in total. The number of aromatic nitrogens is 2. The lowest BCUT2D eigenvalue weighted by atomic mass is 9.93. The van der Waals surface area contributed by atoms with Crippen LogP contribution < -0.4 is 0 Å². The predicted octanol–water partition coefficient (Wildman–Crippen LogP) is 7.40. The van der Waals surface area contributed by atoms with E-state index in [0.717, 1.165) is 24.2 Å². The third kappa shape index (κ3) is 2.11. The van der Waals surface area contributed by atoms with Crippen LogP contribution in [-0.4, -0.2) is 9.38 Å². The molecule has 0 bridgehead atoms. The fourth-order valence-corrected chi connectivity index (χ4v) is 6.35. The first-order chi connectivity index (χ1) is 16.2. The molecule has 2 nitrogen and oxygen atoms in total. The van der Waals surface area contributed by atoms with E-state index in [4.69, 9.17) is 4.98 Å². The molecule has 0 saturated heterocycles. The van der Waals surface area contributed by atoms with Gasteiger partial charge in [0.1, 0.15) is 5.65 Å². The van der Waals surface area contributed by atoms with Crippen molar-refractivity contribution in [1.29, 1.82) is 0 Å². The minimum absolute atomic E-state index is 1.01. The highest BCUT2D eigenvalue weighted by Crippen LogP contribution is 2.48. The summed E-state index contributed by atoms with van der Waals surface area (Å²) in [5.41, 5.74) is 16.1. The molecule has 2 aliphatic rings. The van der Waals surface area contributed by atoms with Gasteiger partial charge in [0.25, 0.3) is 0 Å². The molecule has 0 spiro atoms. The van der Waals surface area contributed by atoms with Gasteiger partial charge in [0.05, 0.1) is 11.2 Å². The van der Waals surface area contributed by atoms with E-state index in [-0.39, 0.29) is 0 Å². The van der Waals surface area contributed by atoms with E-state index in [9.17, 15) is 0 Å². The van der Waals surface area contributed by atoms with Gasteiger partial charge in [-0.1, -0.05) is 60.7 Å². The molecule has 0 amide bonds. The van der Waals surface area contributed by atoms with Crippen molar-refractivity contribution in [2.75, 3.05) is 0 Å². The van der Waals surface area contributed by atoms with E-state index in [1.54, 1.807) is 0 Å². The van der Waals surface area contributed by atoms with E-state index >= 15 is 0 Å². The second kappa shape index (κ2) is 5.90. The third-order valence-corrected chi connectivity index (χ3v) is 7.96. The van der Waals surface area contributed by atoms with Crippen molar-refractivity contribution >= 4 is 27.3 Å². The molecule has 0 atom stereocenters. The topological polar surface area (TPSA) is 17.3 Å². The molecule has 156 valence electrons. The van der Waals surface area contributed by atoms with Crippen molar-refractivity contribution < 1.29 is 0 Å². The summed E-state index contributed by atoms with van der Waals surface area (Å²) < 4.78 is 2.37. The molecule has 2 aromatic heterocycles. The highest BCUT2D eigenvalue weighted by molar-refractivity contribution is 6.18. The van der Waals surface area contributed by atoms with E-state index in [0.29, 0.717) is 0 Å². The minimum atomic E-state index is 1.01. The van der Waals surface area contributed by atoms with E-state index < -0.39 is 0 Å². The monoisotopic (exact) mass is 422 g/mol. The number of fused-ring (bicyclic) bond motifs is 13. The van der Waals surface area contributed by atoms with Crippen molar-refractivity contribution in [3.63, 3.8) is 0 Å². The predicted molar refractivity (Wildman–Crippen MR) is 136 cm³/mol. The first-order valence-electron chi connectivity index (χ1n) is 11.8. The van der Waals surface area contributed by atoms with Crippen LogP contribution in [-0.2, 0) is 12.8 Å². The molecule has 2 aliphatic carbocycles. The van der Waals surface area contributed by atoms with Crippen LogP contribution in [0.1, 0.15) is 33.6 Å². The Kier molecular flexibility index (Phi) is 3.15. The quantitative estimate of drug-likeness (QED) is 0.233. The van der Waals surface area contributed by atoms with Crippen LogP contribution in [0.5, 0.6) is 0 Å². The molecule has 8 rings (SSSR count). The van der Waals surface area contributed by atoms with Crippen molar-refractivity contribution in [1.82, 2.24) is 9.38 Å². The number of rotatable bonds is 0. The number of benzene rings is 4. The minimum Gasteiger partial charge on any atom is -0.296 e. The van der Waals surface area contributed by atoms with E-state index in [1.807, 2.05) is 0 Å². The second-order valence-corrected chi connectivity index (χ2v) is 9.66. The Hall–Kier alpha value is -3.91. The lowest BCUT2D eigenvalue weighted by Crippen LogP contribution is -1.95. The summed E-state index contributed by atoms with van der Waals surface area (Å²) >= 11 is 0. The van der Waals surface area contributed by atoms with Crippen LogP contribution in [0, 0.1) is 13.8 Å². The lowest BCUT2D eigenvalue weighted by molar-refractivity contribution is 1.14. The molecule has 33 heavy (non-hydrogen) atoms. The van der Waals surface area contributed by atoms with Gasteiger partial charge >= 0.3 is 0 Å². The SMILES string of the molecule is Cc1nc2c3ccccc3c3c4c(ccc3n2c1C)Cc1cc2c(cc1-4)-c1ccccc1C2. The molecular weight excluding hydrogens is 400 g/mol. The fourth-order valence-electron chi connectivity index (χ4n) is 6.35. The van der Waals surface area contributed by atoms with Gasteiger partial charge in [-0.2, -0.15) is 0 Å². The van der Waals surface area contributed by atoms with Crippen molar-refractivity contribution in [2.45, 2.75) is 26.7 Å². The Morgan fingerprint density at radius 2 is 1.42 bits per heavy atom. The zero-order valence-electron chi connectivity index (χ0n) is 18.7. The van der Waals surface area contributed by atoms with Crippen LogP contribution in [0.3, 0.4) is 0 Å². The lowest BCUT2D eigenvalue weighted by Gasteiger charge is -2.14. The van der Waals surface area contributed by atoms with Crippen molar-refractivity contribution in [2.24, 2.45) is 0 Å². The van der Waals surface area contributed by atoms with Gasteiger partial charge < -0.3 is 0 Å². The third-order valence-electron chi connectivity index (χ3n) is 7.96. The Bertz CT molecular complexity index is 1830. The number of aryl methyl sites for hydroxylation is 2. The van der Waals surface area contributed by atoms with Crippen LogP contribution in [0.4, 0.5) is 0 Å². The highest BCUT2D eigenvalue weighted by Gasteiger charge is 2.28. The largest absolute Gasteiger partial charge is 0.296 e. The first kappa shape index (κ1) is 17.6. The van der Waals surface area contributed by atoms with Gasteiger partial charge in [-0.25, -0.2) is 4.98 Å². The van der Waals surface area contributed by atoms with Crippen molar-refractivity contribution in [3.8, 4) is 22.3 Å². The van der Waals surface area contributed by atoms with E-state index in [2.05, 4.69) is 91.0 Å². The standard InChI is InChI=1S/C31H22N2/c1-17-18(2)33-28-12-11-20-14-22-15-21-13-19-7-3-4-8-23(19)26(21)16-27(22)29(20)30(28)24-9-5-6-10-25(24)31(33)32-17/h3-12,15-16H,13-14H2,1-2H3. The Balaban J connectivity index is 1.55. The van der Waals surface area contributed by atoms with E-state index in [1.165, 1.54) is 71.9 Å². The van der Waals surface area contributed by atoms with Crippen molar-refractivity contribution in [3.05, 3.63) is 106 Å². The maximum atomic E-state index is 4.96. The maximum absolute atomic E-state index is 4.96. The summed E-state index contributed by atoms with van der Waals surface area (Å²) in [5.74, 6) is 0. The molecule has 4 aromatic carbocycles. The average molecular weight is 423 g/mol. The zero-order chi connectivity index (χ0) is 21.8. The number of hydrogen-bond donors (Lipinski definition) is 0. The van der Waals surface area contributed by atoms with Gasteiger partial charge in [0.2, 0.25) is 0 Å². The summed E-state index contributed by atoms with van der Waals surface area (Å²) in [6.07, 6.45) is 2.06. The highest BCUT2D eigenvalue weighted by atomic mass is 15.0. The molecule has 0 unspecified atom stereocenters. The summed E-state index contributed by atoms with van der Waals surface area (Å²) in [6.45, 7) is 4.31. The number of nitrogens with zero attached hydrogens (tertiary/aromatic N) is 2. The maximum Gasteiger partial charge on any atom is 0.145 e. The first-order valence-corrected chi connectivity index (χ1v) is 11.8. The summed E-state index contributed by atoms with van der Waals surface area (Å²) in [7, 11) is 0.